The molecule has 13 heteroatoms. The Morgan fingerprint density at radius 2 is 1.82 bits per heavy atom. The molecule has 0 aromatic carbocycles. The van der Waals surface area contributed by atoms with E-state index in [1.54, 1.807) is 10.9 Å². The maximum absolute atomic E-state index is 13.6. The van der Waals surface area contributed by atoms with E-state index in [0.29, 0.717) is 40.7 Å². The number of rotatable bonds is 8. The summed E-state index contributed by atoms with van der Waals surface area (Å²) in [6.45, 7) is 7.87. The predicted molar refractivity (Wildman–Crippen MR) is 142 cm³/mol. The van der Waals surface area contributed by atoms with Gasteiger partial charge in [-0.2, -0.15) is 0 Å². The van der Waals surface area contributed by atoms with E-state index in [2.05, 4.69) is 30.2 Å². The monoisotopic (exact) mass is 535 g/mol. The summed E-state index contributed by atoms with van der Waals surface area (Å²) in [6.07, 6.45) is 8.06. The number of nitrogens with zero attached hydrogens (tertiary/aromatic N) is 8. The molecule has 4 aromatic heterocycles. The van der Waals surface area contributed by atoms with E-state index in [9.17, 15) is 13.2 Å². The maximum atomic E-state index is 13.6. The van der Waals surface area contributed by atoms with Crippen molar-refractivity contribution in [2.45, 2.75) is 70.5 Å². The summed E-state index contributed by atoms with van der Waals surface area (Å²) in [5.41, 5.74) is 4.31. The quantitative estimate of drug-likeness (QED) is 0.353. The molecule has 1 N–H and O–H groups in total. The third-order valence-corrected chi connectivity index (χ3v) is 7.67. The van der Waals surface area contributed by atoms with Crippen LogP contribution in [0.1, 0.15) is 67.8 Å². The van der Waals surface area contributed by atoms with Crippen LogP contribution in [0.5, 0.6) is 0 Å². The lowest BCUT2D eigenvalue weighted by atomic mass is 10.1. The first kappa shape index (κ1) is 25.8. The van der Waals surface area contributed by atoms with Gasteiger partial charge < -0.3 is 5.32 Å². The summed E-state index contributed by atoms with van der Waals surface area (Å²) in [5.74, 6) is 1.00. The smallest absolute Gasteiger partial charge is 0.295 e. The standard InChI is InChI=1S/C25H29N9O3S/c1-6-13(2)34-24-20(15(4)31-22(33-24)19-14(3)29-12-30-21(19)16-7-8-16)32-23(25(34)35)28-10-17-9-27-18(11-26-17)38(5,36)37/h9,11-13,16H,6-8,10H2,1-5H3,(H,28,32)/t13-/m1/s1. The molecule has 4 heterocycles. The summed E-state index contributed by atoms with van der Waals surface area (Å²) >= 11 is 0. The van der Waals surface area contributed by atoms with Gasteiger partial charge in [0.15, 0.2) is 32.2 Å². The average Bonchev–Trinajstić information content (AvgIpc) is 3.72. The van der Waals surface area contributed by atoms with Crippen LogP contribution in [0.2, 0.25) is 0 Å². The van der Waals surface area contributed by atoms with Crippen LogP contribution in [0.25, 0.3) is 22.6 Å². The molecule has 0 spiro atoms. The van der Waals surface area contributed by atoms with Crippen LogP contribution in [0.4, 0.5) is 5.82 Å². The first-order chi connectivity index (χ1) is 18.1. The first-order valence-electron chi connectivity index (χ1n) is 12.5. The minimum atomic E-state index is -3.45. The Bertz CT molecular complexity index is 1700. The highest BCUT2D eigenvalue weighted by Gasteiger charge is 2.30. The maximum Gasteiger partial charge on any atom is 0.295 e. The van der Waals surface area contributed by atoms with Crippen molar-refractivity contribution in [2.24, 2.45) is 0 Å². The van der Waals surface area contributed by atoms with Crippen molar-refractivity contribution in [1.82, 2.24) is 39.5 Å². The molecule has 1 aliphatic rings. The van der Waals surface area contributed by atoms with E-state index < -0.39 is 9.84 Å². The number of anilines is 1. The molecule has 0 unspecified atom stereocenters. The topological polar surface area (TPSA) is 158 Å². The second-order valence-electron chi connectivity index (χ2n) is 9.66. The largest absolute Gasteiger partial charge is 0.360 e. The van der Waals surface area contributed by atoms with E-state index in [1.807, 2.05) is 27.7 Å². The predicted octanol–water partition coefficient (Wildman–Crippen LogP) is 2.91. The van der Waals surface area contributed by atoms with Crippen LogP contribution < -0.4 is 10.9 Å². The number of sulfone groups is 1. The Morgan fingerprint density at radius 3 is 2.45 bits per heavy atom. The molecule has 198 valence electrons. The van der Waals surface area contributed by atoms with Gasteiger partial charge in [0.05, 0.1) is 47.3 Å². The van der Waals surface area contributed by atoms with Gasteiger partial charge in [-0.15, -0.1) is 0 Å². The van der Waals surface area contributed by atoms with Gasteiger partial charge in [0.25, 0.3) is 5.56 Å². The minimum absolute atomic E-state index is 0.114. The van der Waals surface area contributed by atoms with E-state index >= 15 is 0 Å². The first-order valence-corrected chi connectivity index (χ1v) is 14.3. The van der Waals surface area contributed by atoms with Gasteiger partial charge in [0.2, 0.25) is 0 Å². The van der Waals surface area contributed by atoms with Crippen molar-refractivity contribution in [2.75, 3.05) is 11.6 Å². The van der Waals surface area contributed by atoms with Gasteiger partial charge in [0, 0.05) is 18.2 Å². The summed E-state index contributed by atoms with van der Waals surface area (Å²) in [4.78, 5) is 44.9. The third kappa shape index (κ3) is 4.85. The minimum Gasteiger partial charge on any atom is -0.360 e. The molecule has 1 saturated carbocycles. The Hall–Kier alpha value is -3.87. The Morgan fingerprint density at radius 1 is 1.05 bits per heavy atom. The van der Waals surface area contributed by atoms with Crippen molar-refractivity contribution in [1.29, 1.82) is 0 Å². The molecule has 0 bridgehead atoms. The fraction of sp³-hybridized carbons (Fsp3) is 0.440. The molecule has 1 atom stereocenters. The van der Waals surface area contributed by atoms with Crippen molar-refractivity contribution in [3.05, 3.63) is 51.9 Å². The molecular weight excluding hydrogens is 506 g/mol. The van der Waals surface area contributed by atoms with Gasteiger partial charge in [0.1, 0.15) is 11.8 Å². The molecule has 0 radical (unpaired) electrons. The molecule has 0 saturated heterocycles. The SMILES string of the molecule is CC[C@@H](C)n1c(=O)c(NCc2cnc(S(C)(=O)=O)cn2)nc2c(C)nc(-c3c(C)ncnc3C3CC3)nc21. The van der Waals surface area contributed by atoms with Crippen LogP contribution in [0.15, 0.2) is 28.5 Å². The zero-order chi connectivity index (χ0) is 27.2. The molecule has 12 nitrogen and oxygen atoms in total. The van der Waals surface area contributed by atoms with Crippen molar-refractivity contribution in [3.63, 3.8) is 0 Å². The molecule has 38 heavy (non-hydrogen) atoms. The number of aryl methyl sites for hydroxylation is 2. The van der Waals surface area contributed by atoms with Crippen molar-refractivity contribution in [3.8, 4) is 11.4 Å². The zero-order valence-corrected chi connectivity index (χ0v) is 22.7. The van der Waals surface area contributed by atoms with Gasteiger partial charge >= 0.3 is 0 Å². The van der Waals surface area contributed by atoms with Crippen LogP contribution in [-0.4, -0.2) is 54.1 Å². The van der Waals surface area contributed by atoms with Crippen LogP contribution in [0, 0.1) is 13.8 Å². The van der Waals surface area contributed by atoms with E-state index in [1.165, 1.54) is 12.4 Å². The van der Waals surface area contributed by atoms with Gasteiger partial charge in [-0.1, -0.05) is 6.92 Å². The van der Waals surface area contributed by atoms with E-state index in [4.69, 9.17) is 9.97 Å². The lowest BCUT2D eigenvalue weighted by molar-refractivity contribution is 0.526. The van der Waals surface area contributed by atoms with Crippen LogP contribution in [-0.2, 0) is 16.4 Å². The van der Waals surface area contributed by atoms with Gasteiger partial charge in [-0.3, -0.25) is 14.3 Å². The number of fused-ring (bicyclic) bond motifs is 1. The zero-order valence-electron chi connectivity index (χ0n) is 21.9. The highest BCUT2D eigenvalue weighted by Crippen LogP contribution is 2.43. The molecule has 5 rings (SSSR count). The number of hydrogen-bond acceptors (Lipinski definition) is 11. The van der Waals surface area contributed by atoms with Crippen LogP contribution in [0.3, 0.4) is 0 Å². The lowest BCUT2D eigenvalue weighted by Gasteiger charge is -2.19. The molecule has 0 aliphatic heterocycles. The molecule has 4 aromatic rings. The molecule has 1 aliphatic carbocycles. The number of aromatic nitrogens is 8. The fourth-order valence-electron chi connectivity index (χ4n) is 4.27. The highest BCUT2D eigenvalue weighted by atomic mass is 32.2. The Kier molecular flexibility index (Phi) is 6.63. The Labute approximate surface area is 220 Å². The summed E-state index contributed by atoms with van der Waals surface area (Å²) in [5, 5.41) is 2.93. The summed E-state index contributed by atoms with van der Waals surface area (Å²) in [7, 11) is -3.45. The second kappa shape index (κ2) is 9.78. The van der Waals surface area contributed by atoms with E-state index in [-0.39, 0.29) is 29.0 Å². The molecule has 1 fully saturated rings. The Balaban J connectivity index is 1.59. The van der Waals surface area contributed by atoms with Crippen LogP contribution >= 0.6 is 0 Å². The normalized spacial score (nSPS) is 14.6. The molecule has 0 amide bonds. The highest BCUT2D eigenvalue weighted by molar-refractivity contribution is 7.90. The number of hydrogen-bond donors (Lipinski definition) is 1. The van der Waals surface area contributed by atoms with E-state index in [0.717, 1.165) is 36.0 Å². The summed E-state index contributed by atoms with van der Waals surface area (Å²) in [6, 6.07) is -0.152. The average molecular weight is 536 g/mol. The number of nitrogens with one attached hydrogen (secondary N) is 1. The van der Waals surface area contributed by atoms with Gasteiger partial charge in [-0.25, -0.2) is 38.3 Å². The third-order valence-electron chi connectivity index (χ3n) is 6.70. The molecular formula is C25H29N9O3S. The van der Waals surface area contributed by atoms with Crippen molar-refractivity contribution >= 4 is 26.8 Å². The van der Waals surface area contributed by atoms with Gasteiger partial charge in [-0.05, 0) is 40.0 Å². The lowest BCUT2D eigenvalue weighted by Crippen LogP contribution is -2.29. The van der Waals surface area contributed by atoms with Crippen molar-refractivity contribution < 1.29 is 8.42 Å². The summed E-state index contributed by atoms with van der Waals surface area (Å²) < 4.78 is 25.0. The fourth-order valence-corrected chi connectivity index (χ4v) is 4.76. The second-order valence-corrected chi connectivity index (χ2v) is 11.6.